The average Bonchev–Trinajstić information content (AvgIpc) is 2.51. The van der Waals surface area contributed by atoms with Gasteiger partial charge in [0, 0.05) is 17.6 Å². The van der Waals surface area contributed by atoms with Gasteiger partial charge in [-0.3, -0.25) is 9.78 Å². The number of ether oxygens (including phenoxy) is 1. The number of benzene rings is 1. The van der Waals surface area contributed by atoms with Gasteiger partial charge in [0.15, 0.2) is 0 Å². The molecular formula is C18H24N2O3. The second kappa shape index (κ2) is 6.54. The van der Waals surface area contributed by atoms with Crippen LogP contribution in [0.15, 0.2) is 24.3 Å². The minimum absolute atomic E-state index is 0.0406. The molecule has 1 aromatic carbocycles. The van der Waals surface area contributed by atoms with Gasteiger partial charge in [-0.15, -0.1) is 0 Å². The van der Waals surface area contributed by atoms with Gasteiger partial charge in [-0.2, -0.15) is 0 Å². The molecule has 2 aromatic rings. The maximum Gasteiger partial charge on any atom is 0.252 e. The summed E-state index contributed by atoms with van der Waals surface area (Å²) in [6.45, 7) is 7.60. The Hall–Kier alpha value is -2.14. The van der Waals surface area contributed by atoms with E-state index in [-0.39, 0.29) is 18.4 Å². The molecule has 0 aliphatic heterocycles. The van der Waals surface area contributed by atoms with Crippen LogP contribution in [0.4, 0.5) is 0 Å². The predicted molar refractivity (Wildman–Crippen MR) is 90.8 cm³/mol. The fraction of sp³-hybridized carbons (Fsp3) is 0.444. The van der Waals surface area contributed by atoms with Crippen LogP contribution in [0.25, 0.3) is 10.9 Å². The van der Waals surface area contributed by atoms with Gasteiger partial charge < -0.3 is 15.2 Å². The van der Waals surface area contributed by atoms with Gasteiger partial charge >= 0.3 is 0 Å². The van der Waals surface area contributed by atoms with Crippen molar-refractivity contribution >= 4 is 16.8 Å². The first kappa shape index (κ1) is 17.2. The summed E-state index contributed by atoms with van der Waals surface area (Å²) in [5.74, 6) is 0.486. The number of aryl methyl sites for hydroxylation is 1. The van der Waals surface area contributed by atoms with E-state index in [1.165, 1.54) is 0 Å². The molecule has 5 heteroatoms. The first-order valence-electron chi connectivity index (χ1n) is 7.70. The van der Waals surface area contributed by atoms with Crippen molar-refractivity contribution < 1.29 is 14.6 Å². The van der Waals surface area contributed by atoms with Crippen LogP contribution in [0.1, 0.15) is 36.8 Å². The van der Waals surface area contributed by atoms with Gasteiger partial charge in [0.05, 0.1) is 23.8 Å². The highest BCUT2D eigenvalue weighted by atomic mass is 16.5. The predicted octanol–water partition coefficient (Wildman–Crippen LogP) is 2.69. The minimum atomic E-state index is -0.953. The van der Waals surface area contributed by atoms with Crippen LogP contribution in [-0.2, 0) is 0 Å². The Morgan fingerprint density at radius 2 is 2.09 bits per heavy atom. The lowest BCUT2D eigenvalue weighted by Gasteiger charge is -2.27. The van der Waals surface area contributed by atoms with E-state index in [0.29, 0.717) is 11.3 Å². The molecule has 0 saturated carbocycles. The number of aromatic nitrogens is 1. The zero-order valence-electron chi connectivity index (χ0n) is 14.3. The molecule has 0 aliphatic rings. The van der Waals surface area contributed by atoms with Gasteiger partial charge in [-0.05, 0) is 44.0 Å². The summed E-state index contributed by atoms with van der Waals surface area (Å²) >= 11 is 0. The molecule has 0 radical (unpaired) electrons. The number of aliphatic hydroxyl groups is 1. The molecule has 0 bridgehead atoms. The molecule has 0 spiro atoms. The van der Waals surface area contributed by atoms with Gasteiger partial charge in [0.1, 0.15) is 5.75 Å². The number of methoxy groups -OCH3 is 1. The topological polar surface area (TPSA) is 71.5 Å². The lowest BCUT2D eigenvalue weighted by Crippen LogP contribution is -2.44. The molecule has 23 heavy (non-hydrogen) atoms. The van der Waals surface area contributed by atoms with Crippen molar-refractivity contribution in [3.63, 3.8) is 0 Å². The highest BCUT2D eigenvalue weighted by molar-refractivity contribution is 6.06. The summed E-state index contributed by atoms with van der Waals surface area (Å²) in [4.78, 5) is 17.0. The molecule has 0 fully saturated rings. The number of hydrogen-bond donors (Lipinski definition) is 2. The lowest BCUT2D eigenvalue weighted by molar-refractivity contribution is 0.0142. The molecule has 1 amide bonds. The van der Waals surface area contributed by atoms with Crippen molar-refractivity contribution in [1.29, 1.82) is 0 Å². The number of fused-ring (bicyclic) bond motifs is 1. The third-order valence-corrected chi connectivity index (χ3v) is 4.24. The molecule has 2 rings (SSSR count). The molecule has 2 N–H and O–H groups in total. The number of hydrogen-bond acceptors (Lipinski definition) is 4. The summed E-state index contributed by atoms with van der Waals surface area (Å²) in [6.07, 6.45) is 0. The summed E-state index contributed by atoms with van der Waals surface area (Å²) in [7, 11) is 1.59. The SMILES string of the molecule is COc1ccc2nc(C)cc(C(=O)NCC(C)(O)C(C)C)c2c1. The van der Waals surface area contributed by atoms with Crippen molar-refractivity contribution in [2.24, 2.45) is 5.92 Å². The molecule has 124 valence electrons. The largest absolute Gasteiger partial charge is 0.497 e. The van der Waals surface area contributed by atoms with Crippen molar-refractivity contribution in [3.8, 4) is 5.75 Å². The molecule has 5 nitrogen and oxygen atoms in total. The summed E-state index contributed by atoms with van der Waals surface area (Å²) in [5.41, 5.74) is 1.09. The fourth-order valence-electron chi connectivity index (χ4n) is 2.21. The number of nitrogens with zero attached hydrogens (tertiary/aromatic N) is 1. The first-order chi connectivity index (χ1) is 10.7. The van der Waals surface area contributed by atoms with Crippen LogP contribution in [0.3, 0.4) is 0 Å². The van der Waals surface area contributed by atoms with E-state index >= 15 is 0 Å². The van der Waals surface area contributed by atoms with Crippen molar-refractivity contribution in [2.45, 2.75) is 33.3 Å². The average molecular weight is 316 g/mol. The van der Waals surface area contributed by atoms with E-state index in [1.807, 2.05) is 32.9 Å². The van der Waals surface area contributed by atoms with E-state index in [0.717, 1.165) is 16.6 Å². The van der Waals surface area contributed by atoms with E-state index in [1.54, 1.807) is 26.2 Å². The Morgan fingerprint density at radius 1 is 1.39 bits per heavy atom. The second-order valence-electron chi connectivity index (χ2n) is 6.39. The minimum Gasteiger partial charge on any atom is -0.497 e. The third-order valence-electron chi connectivity index (χ3n) is 4.24. The zero-order chi connectivity index (χ0) is 17.2. The Morgan fingerprint density at radius 3 is 2.70 bits per heavy atom. The van der Waals surface area contributed by atoms with Crippen LogP contribution in [-0.4, -0.2) is 35.3 Å². The van der Waals surface area contributed by atoms with Crippen molar-refractivity contribution in [3.05, 3.63) is 35.5 Å². The van der Waals surface area contributed by atoms with E-state index in [4.69, 9.17) is 4.74 Å². The highest BCUT2D eigenvalue weighted by Gasteiger charge is 2.26. The maximum absolute atomic E-state index is 12.6. The molecule has 0 aliphatic carbocycles. The van der Waals surface area contributed by atoms with Gasteiger partial charge in [-0.1, -0.05) is 13.8 Å². The molecular weight excluding hydrogens is 292 g/mol. The fourth-order valence-corrected chi connectivity index (χ4v) is 2.21. The van der Waals surface area contributed by atoms with Gasteiger partial charge in [-0.25, -0.2) is 0 Å². The number of amides is 1. The van der Waals surface area contributed by atoms with Crippen LogP contribution >= 0.6 is 0 Å². The quantitative estimate of drug-likeness (QED) is 0.889. The molecule has 0 saturated heterocycles. The van der Waals surface area contributed by atoms with E-state index in [9.17, 15) is 9.90 Å². The maximum atomic E-state index is 12.6. The Labute approximate surface area is 136 Å². The zero-order valence-corrected chi connectivity index (χ0v) is 14.3. The molecule has 1 unspecified atom stereocenters. The summed E-state index contributed by atoms with van der Waals surface area (Å²) < 4.78 is 5.23. The van der Waals surface area contributed by atoms with Crippen LogP contribution in [0, 0.1) is 12.8 Å². The highest BCUT2D eigenvalue weighted by Crippen LogP contribution is 2.24. The summed E-state index contributed by atoms with van der Waals surface area (Å²) in [6, 6.07) is 7.21. The van der Waals surface area contributed by atoms with Crippen molar-refractivity contribution in [2.75, 3.05) is 13.7 Å². The number of nitrogens with one attached hydrogen (secondary N) is 1. The van der Waals surface area contributed by atoms with E-state index < -0.39 is 5.60 Å². The Balaban J connectivity index is 2.36. The van der Waals surface area contributed by atoms with Crippen LogP contribution in [0.5, 0.6) is 5.75 Å². The van der Waals surface area contributed by atoms with Gasteiger partial charge in [0.2, 0.25) is 0 Å². The number of rotatable bonds is 5. The Kier molecular flexibility index (Phi) is 4.90. The number of carbonyl (C=O) groups is 1. The first-order valence-corrected chi connectivity index (χ1v) is 7.70. The monoisotopic (exact) mass is 316 g/mol. The van der Waals surface area contributed by atoms with Crippen LogP contribution in [0.2, 0.25) is 0 Å². The molecule has 1 heterocycles. The number of pyridine rings is 1. The molecule has 1 aromatic heterocycles. The smallest absolute Gasteiger partial charge is 0.252 e. The lowest BCUT2D eigenvalue weighted by atomic mass is 9.92. The second-order valence-corrected chi connectivity index (χ2v) is 6.39. The summed E-state index contributed by atoms with van der Waals surface area (Å²) in [5, 5.41) is 13.8. The van der Waals surface area contributed by atoms with Crippen molar-refractivity contribution in [1.82, 2.24) is 10.3 Å². The number of carbonyl (C=O) groups excluding carboxylic acids is 1. The van der Waals surface area contributed by atoms with Crippen LogP contribution < -0.4 is 10.1 Å². The standard InChI is InChI=1S/C18H24N2O3/c1-11(2)18(4,22)10-19-17(21)15-8-12(3)20-16-7-6-13(23-5)9-14(15)16/h6-9,11,22H,10H2,1-5H3,(H,19,21). The third kappa shape index (κ3) is 3.79. The van der Waals surface area contributed by atoms with E-state index in [2.05, 4.69) is 10.3 Å². The Bertz CT molecular complexity index is 724. The normalized spacial score (nSPS) is 13.9. The van der Waals surface area contributed by atoms with Gasteiger partial charge in [0.25, 0.3) is 5.91 Å². The molecule has 1 atom stereocenters.